The van der Waals surface area contributed by atoms with Gasteiger partial charge < -0.3 is 10.6 Å². The van der Waals surface area contributed by atoms with Crippen LogP contribution in [0, 0.1) is 0 Å². The number of carbonyl (C=O) groups excluding carboxylic acids is 1. The lowest BCUT2D eigenvalue weighted by Crippen LogP contribution is -2.22. The highest BCUT2D eigenvalue weighted by Gasteiger charge is 2.11. The zero-order valence-corrected chi connectivity index (χ0v) is 15.1. The Balaban J connectivity index is 1.74. The van der Waals surface area contributed by atoms with Crippen molar-refractivity contribution in [3.63, 3.8) is 0 Å². The Morgan fingerprint density at radius 2 is 2.04 bits per heavy atom. The quantitative estimate of drug-likeness (QED) is 0.714. The van der Waals surface area contributed by atoms with E-state index in [1.807, 2.05) is 29.1 Å². The summed E-state index contributed by atoms with van der Waals surface area (Å²) >= 11 is 0. The number of anilines is 1. The SMILES string of the molecule is CNc1nccnc1-c1cccc(C(=O)NCc2cnn(C(C)C)c2)c1. The zero-order chi connectivity index (χ0) is 18.5. The highest BCUT2D eigenvalue weighted by molar-refractivity contribution is 5.95. The van der Waals surface area contributed by atoms with E-state index in [9.17, 15) is 4.79 Å². The van der Waals surface area contributed by atoms with E-state index in [2.05, 4.69) is 39.5 Å². The van der Waals surface area contributed by atoms with Crippen molar-refractivity contribution >= 4 is 11.7 Å². The van der Waals surface area contributed by atoms with Gasteiger partial charge in [0.1, 0.15) is 5.69 Å². The lowest BCUT2D eigenvalue weighted by molar-refractivity contribution is 0.0951. The largest absolute Gasteiger partial charge is 0.371 e. The smallest absolute Gasteiger partial charge is 0.251 e. The van der Waals surface area contributed by atoms with Gasteiger partial charge in [-0.2, -0.15) is 5.10 Å². The molecular formula is C19H22N6O. The molecule has 0 radical (unpaired) electrons. The molecule has 0 saturated carbocycles. The van der Waals surface area contributed by atoms with Gasteiger partial charge in [-0.15, -0.1) is 0 Å². The molecule has 0 aliphatic heterocycles. The van der Waals surface area contributed by atoms with E-state index in [1.54, 1.807) is 31.7 Å². The minimum atomic E-state index is -0.140. The van der Waals surface area contributed by atoms with Crippen molar-refractivity contribution in [2.45, 2.75) is 26.4 Å². The fourth-order valence-electron chi connectivity index (χ4n) is 2.58. The molecule has 0 fully saturated rings. The molecule has 0 spiro atoms. The number of hydrogen-bond donors (Lipinski definition) is 2. The summed E-state index contributed by atoms with van der Waals surface area (Å²) in [6.45, 7) is 4.56. The maximum absolute atomic E-state index is 12.5. The minimum Gasteiger partial charge on any atom is -0.371 e. The monoisotopic (exact) mass is 350 g/mol. The van der Waals surface area contributed by atoms with Crippen LogP contribution in [0.3, 0.4) is 0 Å². The average Bonchev–Trinajstić information content (AvgIpc) is 3.15. The average molecular weight is 350 g/mol. The molecule has 0 saturated heterocycles. The van der Waals surface area contributed by atoms with Crippen LogP contribution in [0.1, 0.15) is 35.8 Å². The molecule has 0 unspecified atom stereocenters. The van der Waals surface area contributed by atoms with Gasteiger partial charge in [0, 0.05) is 54.9 Å². The van der Waals surface area contributed by atoms with Crippen LogP contribution in [-0.4, -0.2) is 32.7 Å². The molecule has 3 aromatic rings. The van der Waals surface area contributed by atoms with E-state index in [0.717, 1.165) is 11.1 Å². The standard InChI is InChI=1S/C19H22N6O/c1-13(2)25-12-14(11-24-25)10-23-19(26)16-6-4-5-15(9-16)17-18(20-3)22-8-7-21-17/h4-9,11-13H,10H2,1-3H3,(H,20,22)(H,23,26). The first-order chi connectivity index (χ1) is 12.6. The molecule has 3 rings (SSSR count). The summed E-state index contributed by atoms with van der Waals surface area (Å²) in [5.41, 5.74) is 3.09. The van der Waals surface area contributed by atoms with E-state index in [0.29, 0.717) is 29.7 Å². The lowest BCUT2D eigenvalue weighted by atomic mass is 10.1. The van der Waals surface area contributed by atoms with Gasteiger partial charge in [0.25, 0.3) is 5.91 Å². The molecule has 7 heteroatoms. The van der Waals surface area contributed by atoms with Gasteiger partial charge in [-0.05, 0) is 26.0 Å². The number of nitrogens with one attached hydrogen (secondary N) is 2. The second-order valence-electron chi connectivity index (χ2n) is 6.19. The molecule has 0 aliphatic rings. The topological polar surface area (TPSA) is 84.7 Å². The number of amides is 1. The van der Waals surface area contributed by atoms with Gasteiger partial charge in [-0.1, -0.05) is 12.1 Å². The van der Waals surface area contributed by atoms with Crippen molar-refractivity contribution in [1.82, 2.24) is 25.1 Å². The first-order valence-electron chi connectivity index (χ1n) is 8.49. The number of aromatic nitrogens is 4. The Labute approximate surface area is 152 Å². The first kappa shape index (κ1) is 17.6. The Kier molecular flexibility index (Phi) is 5.26. The van der Waals surface area contributed by atoms with Gasteiger partial charge in [-0.25, -0.2) is 4.98 Å². The highest BCUT2D eigenvalue weighted by Crippen LogP contribution is 2.23. The molecule has 1 amide bonds. The predicted octanol–water partition coefficient (Wildman–Crippen LogP) is 2.89. The van der Waals surface area contributed by atoms with Crippen molar-refractivity contribution in [3.8, 4) is 11.3 Å². The van der Waals surface area contributed by atoms with Crippen molar-refractivity contribution in [1.29, 1.82) is 0 Å². The third kappa shape index (κ3) is 3.88. The zero-order valence-electron chi connectivity index (χ0n) is 15.1. The Bertz CT molecular complexity index is 902. The van der Waals surface area contributed by atoms with Gasteiger partial charge in [0.05, 0.1) is 6.20 Å². The van der Waals surface area contributed by atoms with Crippen LogP contribution in [0.15, 0.2) is 49.1 Å². The van der Waals surface area contributed by atoms with E-state index in [1.165, 1.54) is 0 Å². The molecular weight excluding hydrogens is 328 g/mol. The Morgan fingerprint density at radius 3 is 2.77 bits per heavy atom. The van der Waals surface area contributed by atoms with Crippen LogP contribution in [0.25, 0.3) is 11.3 Å². The summed E-state index contributed by atoms with van der Waals surface area (Å²) in [5, 5.41) is 10.2. The summed E-state index contributed by atoms with van der Waals surface area (Å²) in [4.78, 5) is 21.1. The van der Waals surface area contributed by atoms with Crippen LogP contribution in [0.2, 0.25) is 0 Å². The van der Waals surface area contributed by atoms with Crippen molar-refractivity contribution in [2.24, 2.45) is 0 Å². The molecule has 134 valence electrons. The van der Waals surface area contributed by atoms with E-state index in [-0.39, 0.29) is 5.91 Å². The third-order valence-electron chi connectivity index (χ3n) is 3.97. The van der Waals surface area contributed by atoms with E-state index < -0.39 is 0 Å². The van der Waals surface area contributed by atoms with Gasteiger partial charge >= 0.3 is 0 Å². The second-order valence-corrected chi connectivity index (χ2v) is 6.19. The summed E-state index contributed by atoms with van der Waals surface area (Å²) in [6.07, 6.45) is 6.98. The second kappa shape index (κ2) is 7.77. The number of carbonyl (C=O) groups is 1. The van der Waals surface area contributed by atoms with Crippen LogP contribution < -0.4 is 10.6 Å². The molecule has 0 bridgehead atoms. The molecule has 2 aromatic heterocycles. The van der Waals surface area contributed by atoms with Gasteiger partial charge in [-0.3, -0.25) is 14.5 Å². The van der Waals surface area contributed by atoms with Crippen molar-refractivity contribution in [2.75, 3.05) is 12.4 Å². The van der Waals surface area contributed by atoms with E-state index >= 15 is 0 Å². The maximum Gasteiger partial charge on any atom is 0.251 e. The molecule has 2 N–H and O–H groups in total. The van der Waals surface area contributed by atoms with Crippen molar-refractivity contribution in [3.05, 3.63) is 60.2 Å². The molecule has 1 aromatic carbocycles. The predicted molar refractivity (Wildman–Crippen MR) is 101 cm³/mol. The Hall–Kier alpha value is -3.22. The van der Waals surface area contributed by atoms with Crippen LogP contribution >= 0.6 is 0 Å². The highest BCUT2D eigenvalue weighted by atomic mass is 16.1. The van der Waals surface area contributed by atoms with Crippen LogP contribution in [-0.2, 0) is 6.54 Å². The minimum absolute atomic E-state index is 0.140. The van der Waals surface area contributed by atoms with Crippen LogP contribution in [0.5, 0.6) is 0 Å². The fraction of sp³-hybridized carbons (Fsp3) is 0.263. The summed E-state index contributed by atoms with van der Waals surface area (Å²) in [5.74, 6) is 0.533. The third-order valence-corrected chi connectivity index (χ3v) is 3.97. The number of nitrogens with zero attached hydrogens (tertiary/aromatic N) is 4. The van der Waals surface area contributed by atoms with E-state index in [4.69, 9.17) is 0 Å². The molecule has 0 atom stereocenters. The van der Waals surface area contributed by atoms with Gasteiger partial charge in [0.15, 0.2) is 5.82 Å². The number of rotatable bonds is 6. The Morgan fingerprint density at radius 1 is 1.23 bits per heavy atom. The fourth-order valence-corrected chi connectivity index (χ4v) is 2.58. The molecule has 7 nitrogen and oxygen atoms in total. The number of hydrogen-bond acceptors (Lipinski definition) is 5. The lowest BCUT2D eigenvalue weighted by Gasteiger charge is -2.09. The summed E-state index contributed by atoms with van der Waals surface area (Å²) < 4.78 is 1.87. The molecule has 26 heavy (non-hydrogen) atoms. The number of benzene rings is 1. The van der Waals surface area contributed by atoms with Crippen molar-refractivity contribution < 1.29 is 4.79 Å². The summed E-state index contributed by atoms with van der Waals surface area (Å²) in [7, 11) is 1.79. The normalized spacial score (nSPS) is 10.8. The van der Waals surface area contributed by atoms with Crippen LogP contribution in [0.4, 0.5) is 5.82 Å². The molecule has 0 aliphatic carbocycles. The summed E-state index contributed by atoms with van der Waals surface area (Å²) in [6, 6.07) is 7.65. The maximum atomic E-state index is 12.5. The molecule has 2 heterocycles. The first-order valence-corrected chi connectivity index (χ1v) is 8.49. The van der Waals surface area contributed by atoms with Gasteiger partial charge in [0.2, 0.25) is 0 Å².